The maximum absolute atomic E-state index is 12.6. The number of nitrogens with one attached hydrogen (secondary N) is 2. The Labute approximate surface area is 196 Å². The fourth-order valence-electron chi connectivity index (χ4n) is 3.12. The van der Waals surface area contributed by atoms with Crippen molar-refractivity contribution in [1.82, 2.24) is 20.1 Å². The van der Waals surface area contributed by atoms with Crippen LogP contribution in [0.3, 0.4) is 0 Å². The van der Waals surface area contributed by atoms with E-state index in [9.17, 15) is 14.7 Å². The first kappa shape index (κ1) is 24.3. The van der Waals surface area contributed by atoms with Gasteiger partial charge >= 0.3 is 0 Å². The molecule has 1 aromatic heterocycles. The molecule has 0 saturated heterocycles. The predicted octanol–water partition coefficient (Wildman–Crippen LogP) is 2.63. The number of benzene rings is 2. The van der Waals surface area contributed by atoms with Gasteiger partial charge in [0, 0.05) is 18.3 Å². The molecule has 174 valence electrons. The van der Waals surface area contributed by atoms with Crippen molar-refractivity contribution < 1.29 is 19.4 Å². The fourth-order valence-corrected chi connectivity index (χ4v) is 3.84. The van der Waals surface area contributed by atoms with Crippen LogP contribution in [0.5, 0.6) is 5.75 Å². The second kappa shape index (κ2) is 11.0. The van der Waals surface area contributed by atoms with Crippen LogP contribution in [0.1, 0.15) is 33.4 Å². The van der Waals surface area contributed by atoms with E-state index in [1.54, 1.807) is 43.0 Å². The molecule has 0 bridgehead atoms. The minimum absolute atomic E-state index is 0.140. The van der Waals surface area contributed by atoms with Crippen molar-refractivity contribution in [3.63, 3.8) is 0 Å². The van der Waals surface area contributed by atoms with Crippen molar-refractivity contribution >= 4 is 29.3 Å². The standard InChI is InChI=1S/C23H27N5O4S/c1-14-5-6-15(2)18(11-14)24-20(30)13-33-23-27-26-21(28(23)3)19(12-29)25-22(31)16-7-9-17(32-4)10-8-16/h5-11,19,29H,12-13H2,1-4H3,(H,24,30)(H,25,31)/t19-/m1/s1. The van der Waals surface area contributed by atoms with E-state index >= 15 is 0 Å². The van der Waals surface area contributed by atoms with Crippen LogP contribution in [0.4, 0.5) is 5.69 Å². The molecule has 0 fully saturated rings. The topological polar surface area (TPSA) is 118 Å². The van der Waals surface area contributed by atoms with E-state index in [0.29, 0.717) is 22.3 Å². The second-order valence-electron chi connectivity index (χ2n) is 7.49. The Hall–Kier alpha value is -3.37. The van der Waals surface area contributed by atoms with Gasteiger partial charge in [0.25, 0.3) is 5.91 Å². The summed E-state index contributed by atoms with van der Waals surface area (Å²) >= 11 is 1.22. The summed E-state index contributed by atoms with van der Waals surface area (Å²) in [6.07, 6.45) is 0. The van der Waals surface area contributed by atoms with Crippen LogP contribution in [0.2, 0.25) is 0 Å². The lowest BCUT2D eigenvalue weighted by atomic mass is 10.1. The van der Waals surface area contributed by atoms with Gasteiger partial charge in [-0.05, 0) is 55.3 Å². The summed E-state index contributed by atoms with van der Waals surface area (Å²) in [5.74, 6) is 0.645. The van der Waals surface area contributed by atoms with Crippen molar-refractivity contribution in [3.05, 3.63) is 65.0 Å². The largest absolute Gasteiger partial charge is 0.497 e. The van der Waals surface area contributed by atoms with E-state index in [4.69, 9.17) is 4.74 Å². The molecule has 3 aromatic rings. The van der Waals surface area contributed by atoms with E-state index in [1.165, 1.54) is 11.8 Å². The van der Waals surface area contributed by atoms with Crippen LogP contribution in [0, 0.1) is 13.8 Å². The zero-order valence-corrected chi connectivity index (χ0v) is 19.8. The number of aryl methyl sites for hydroxylation is 2. The molecule has 2 aromatic carbocycles. The number of carbonyl (C=O) groups is 2. The highest BCUT2D eigenvalue weighted by atomic mass is 32.2. The molecule has 0 aliphatic carbocycles. The van der Waals surface area contributed by atoms with Crippen molar-refractivity contribution in [2.75, 3.05) is 24.8 Å². The Morgan fingerprint density at radius 1 is 1.15 bits per heavy atom. The first-order valence-corrected chi connectivity index (χ1v) is 11.3. The van der Waals surface area contributed by atoms with Gasteiger partial charge in [-0.2, -0.15) is 0 Å². The van der Waals surface area contributed by atoms with Crippen LogP contribution < -0.4 is 15.4 Å². The minimum atomic E-state index is -0.754. The third kappa shape index (κ3) is 6.11. The van der Waals surface area contributed by atoms with Crippen LogP contribution in [0.25, 0.3) is 0 Å². The molecule has 0 aliphatic heterocycles. The predicted molar refractivity (Wildman–Crippen MR) is 127 cm³/mol. The minimum Gasteiger partial charge on any atom is -0.497 e. The third-order valence-corrected chi connectivity index (χ3v) is 6.04. The number of aromatic nitrogens is 3. The SMILES string of the molecule is COc1ccc(C(=O)N[C@H](CO)c2nnc(SCC(=O)Nc3cc(C)ccc3C)n2C)cc1. The van der Waals surface area contributed by atoms with Gasteiger partial charge in [0.2, 0.25) is 5.91 Å². The Morgan fingerprint density at radius 3 is 2.55 bits per heavy atom. The fraction of sp³-hybridized carbons (Fsp3) is 0.304. The first-order valence-electron chi connectivity index (χ1n) is 10.3. The summed E-state index contributed by atoms with van der Waals surface area (Å²) in [5, 5.41) is 24.2. The number of rotatable bonds is 9. The van der Waals surface area contributed by atoms with Crippen molar-refractivity contribution in [3.8, 4) is 5.75 Å². The highest BCUT2D eigenvalue weighted by Crippen LogP contribution is 2.21. The number of thioether (sulfide) groups is 1. The molecule has 0 spiro atoms. The summed E-state index contributed by atoms with van der Waals surface area (Å²) in [5.41, 5.74) is 3.25. The summed E-state index contributed by atoms with van der Waals surface area (Å²) < 4.78 is 6.76. The quantitative estimate of drug-likeness (QED) is 0.412. The number of anilines is 1. The Morgan fingerprint density at radius 2 is 1.88 bits per heavy atom. The van der Waals surface area contributed by atoms with Gasteiger partial charge in [-0.1, -0.05) is 23.9 Å². The molecule has 1 heterocycles. The lowest BCUT2D eigenvalue weighted by Gasteiger charge is -2.16. The van der Waals surface area contributed by atoms with Crippen molar-refractivity contribution in [2.24, 2.45) is 7.05 Å². The Kier molecular flexibility index (Phi) is 8.07. The Balaban J connectivity index is 1.62. The van der Waals surface area contributed by atoms with E-state index < -0.39 is 6.04 Å². The van der Waals surface area contributed by atoms with Crippen molar-refractivity contribution in [2.45, 2.75) is 25.0 Å². The third-order valence-electron chi connectivity index (χ3n) is 5.02. The zero-order chi connectivity index (χ0) is 24.0. The maximum Gasteiger partial charge on any atom is 0.251 e. The molecule has 33 heavy (non-hydrogen) atoms. The van der Waals surface area contributed by atoms with Gasteiger partial charge in [0.05, 0.1) is 19.5 Å². The molecule has 0 saturated carbocycles. The molecular formula is C23H27N5O4S. The van der Waals surface area contributed by atoms with Crippen molar-refractivity contribution in [1.29, 1.82) is 0 Å². The molecule has 0 aliphatic rings. The number of nitrogens with zero attached hydrogens (tertiary/aromatic N) is 3. The number of hydrogen-bond donors (Lipinski definition) is 3. The normalized spacial score (nSPS) is 11.7. The van der Waals surface area contributed by atoms with Crippen LogP contribution in [0.15, 0.2) is 47.6 Å². The number of aliphatic hydroxyl groups is 1. The van der Waals surface area contributed by atoms with E-state index in [2.05, 4.69) is 20.8 Å². The first-order chi connectivity index (χ1) is 15.8. The maximum atomic E-state index is 12.6. The van der Waals surface area contributed by atoms with E-state index in [-0.39, 0.29) is 24.2 Å². The van der Waals surface area contributed by atoms with Crippen LogP contribution in [-0.4, -0.2) is 51.2 Å². The second-order valence-corrected chi connectivity index (χ2v) is 8.43. The summed E-state index contributed by atoms with van der Waals surface area (Å²) in [6, 6.07) is 11.8. The molecule has 0 unspecified atom stereocenters. The summed E-state index contributed by atoms with van der Waals surface area (Å²) in [7, 11) is 3.27. The van der Waals surface area contributed by atoms with Gasteiger partial charge in [-0.3, -0.25) is 9.59 Å². The molecule has 3 N–H and O–H groups in total. The summed E-state index contributed by atoms with van der Waals surface area (Å²) in [4.78, 5) is 25.0. The average Bonchev–Trinajstić information content (AvgIpc) is 3.18. The molecule has 2 amide bonds. The monoisotopic (exact) mass is 469 g/mol. The summed E-state index contributed by atoms with van der Waals surface area (Å²) in [6.45, 7) is 3.55. The van der Waals surface area contributed by atoms with Gasteiger partial charge in [0.15, 0.2) is 11.0 Å². The molecular weight excluding hydrogens is 442 g/mol. The molecule has 1 atom stereocenters. The lowest BCUT2D eigenvalue weighted by molar-refractivity contribution is -0.113. The van der Waals surface area contributed by atoms with E-state index in [1.807, 2.05) is 32.0 Å². The highest BCUT2D eigenvalue weighted by Gasteiger charge is 2.22. The van der Waals surface area contributed by atoms with E-state index in [0.717, 1.165) is 16.8 Å². The lowest BCUT2D eigenvalue weighted by Crippen LogP contribution is -2.32. The number of hydrogen-bond acceptors (Lipinski definition) is 7. The van der Waals surface area contributed by atoms with Gasteiger partial charge in [-0.15, -0.1) is 10.2 Å². The highest BCUT2D eigenvalue weighted by molar-refractivity contribution is 7.99. The number of carbonyl (C=O) groups excluding carboxylic acids is 2. The molecule has 0 radical (unpaired) electrons. The molecule has 3 rings (SSSR count). The number of amides is 2. The smallest absolute Gasteiger partial charge is 0.251 e. The molecule has 9 nitrogen and oxygen atoms in total. The zero-order valence-electron chi connectivity index (χ0n) is 19.0. The van der Waals surface area contributed by atoms with Gasteiger partial charge in [0.1, 0.15) is 11.8 Å². The van der Waals surface area contributed by atoms with Crippen LogP contribution in [-0.2, 0) is 11.8 Å². The number of aliphatic hydroxyl groups excluding tert-OH is 1. The molecule has 10 heteroatoms. The Bertz CT molecular complexity index is 1130. The number of methoxy groups -OCH3 is 1. The van der Waals surface area contributed by atoms with Crippen LogP contribution >= 0.6 is 11.8 Å². The van der Waals surface area contributed by atoms with Gasteiger partial charge < -0.3 is 25.0 Å². The average molecular weight is 470 g/mol. The van der Waals surface area contributed by atoms with Gasteiger partial charge in [-0.25, -0.2) is 0 Å². The number of ether oxygens (including phenoxy) is 1.